The zero-order chi connectivity index (χ0) is 17.9. The molecule has 0 saturated heterocycles. The Morgan fingerprint density at radius 2 is 2.08 bits per heavy atom. The van der Waals surface area contributed by atoms with E-state index in [4.69, 9.17) is 4.74 Å². The first kappa shape index (κ1) is 16.2. The summed E-state index contributed by atoms with van der Waals surface area (Å²) in [6.45, 7) is 2.54. The second kappa shape index (κ2) is 6.89. The standard InChI is InChI=1S/C17H14N6O2S/c1-2-25-13-7-8-14-15(9-13)26-17(19-14)20-16(24)11-3-5-12(6-4-11)23-10-18-21-22-23/h3-10H,2H2,1H3,(H,19,20,24). The number of fused-ring (bicyclic) bond motifs is 1. The van der Waals surface area contributed by atoms with Crippen molar-refractivity contribution in [2.24, 2.45) is 0 Å². The molecule has 2 aromatic carbocycles. The van der Waals surface area contributed by atoms with Crippen LogP contribution in [-0.2, 0) is 0 Å². The lowest BCUT2D eigenvalue weighted by Crippen LogP contribution is -2.11. The number of carbonyl (C=O) groups excluding carboxylic acids is 1. The van der Waals surface area contributed by atoms with Crippen molar-refractivity contribution in [2.45, 2.75) is 6.92 Å². The van der Waals surface area contributed by atoms with Gasteiger partial charge >= 0.3 is 0 Å². The van der Waals surface area contributed by atoms with Crippen LogP contribution in [0.1, 0.15) is 17.3 Å². The maximum Gasteiger partial charge on any atom is 0.257 e. The topological polar surface area (TPSA) is 94.8 Å². The number of carbonyl (C=O) groups is 1. The predicted molar refractivity (Wildman–Crippen MR) is 97.9 cm³/mol. The van der Waals surface area contributed by atoms with Gasteiger partial charge in [0, 0.05) is 5.56 Å². The van der Waals surface area contributed by atoms with E-state index in [9.17, 15) is 4.79 Å². The van der Waals surface area contributed by atoms with Crippen molar-refractivity contribution in [1.29, 1.82) is 0 Å². The quantitative estimate of drug-likeness (QED) is 0.583. The summed E-state index contributed by atoms with van der Waals surface area (Å²) in [5, 5.41) is 14.4. The summed E-state index contributed by atoms with van der Waals surface area (Å²) >= 11 is 1.41. The normalized spacial score (nSPS) is 10.8. The Kier molecular flexibility index (Phi) is 4.28. The number of nitrogens with one attached hydrogen (secondary N) is 1. The fourth-order valence-electron chi connectivity index (χ4n) is 2.43. The van der Waals surface area contributed by atoms with Gasteiger partial charge in [-0.1, -0.05) is 11.3 Å². The van der Waals surface area contributed by atoms with E-state index in [1.54, 1.807) is 24.3 Å². The second-order valence-electron chi connectivity index (χ2n) is 5.34. The van der Waals surface area contributed by atoms with Gasteiger partial charge in [0.2, 0.25) is 0 Å². The minimum absolute atomic E-state index is 0.225. The summed E-state index contributed by atoms with van der Waals surface area (Å²) in [7, 11) is 0. The molecule has 0 aliphatic carbocycles. The number of hydrogen-bond donors (Lipinski definition) is 1. The third-order valence-electron chi connectivity index (χ3n) is 3.63. The zero-order valence-corrected chi connectivity index (χ0v) is 14.6. The number of tetrazole rings is 1. The molecular formula is C17H14N6O2S. The van der Waals surface area contributed by atoms with Crippen molar-refractivity contribution >= 4 is 32.6 Å². The van der Waals surface area contributed by atoms with E-state index < -0.39 is 0 Å². The average molecular weight is 366 g/mol. The lowest BCUT2D eigenvalue weighted by Gasteiger charge is -2.03. The first-order valence-corrected chi connectivity index (χ1v) is 8.73. The third-order valence-corrected chi connectivity index (χ3v) is 4.57. The van der Waals surface area contributed by atoms with Crippen LogP contribution in [0.2, 0.25) is 0 Å². The molecule has 26 heavy (non-hydrogen) atoms. The SMILES string of the molecule is CCOc1ccc2nc(NC(=O)c3ccc(-n4cnnn4)cc3)sc2c1. The van der Waals surface area contributed by atoms with Crippen LogP contribution in [0, 0.1) is 0 Å². The summed E-state index contributed by atoms with van der Waals surface area (Å²) in [6, 6.07) is 12.7. The number of amides is 1. The summed E-state index contributed by atoms with van der Waals surface area (Å²) in [5.74, 6) is 0.567. The van der Waals surface area contributed by atoms with E-state index >= 15 is 0 Å². The Morgan fingerprint density at radius 1 is 1.23 bits per heavy atom. The molecule has 2 aromatic heterocycles. The first-order chi connectivity index (χ1) is 12.7. The Labute approximate surface area is 152 Å². The second-order valence-corrected chi connectivity index (χ2v) is 6.37. The lowest BCUT2D eigenvalue weighted by atomic mass is 10.2. The Bertz CT molecular complexity index is 1040. The molecule has 0 atom stereocenters. The Morgan fingerprint density at radius 3 is 2.81 bits per heavy atom. The van der Waals surface area contributed by atoms with Crippen LogP contribution in [0.5, 0.6) is 5.75 Å². The van der Waals surface area contributed by atoms with E-state index in [1.807, 2.05) is 25.1 Å². The van der Waals surface area contributed by atoms with Gasteiger partial charge in [-0.3, -0.25) is 10.1 Å². The fourth-order valence-corrected chi connectivity index (χ4v) is 3.32. The highest BCUT2D eigenvalue weighted by Crippen LogP contribution is 2.29. The van der Waals surface area contributed by atoms with Crippen LogP contribution in [0.3, 0.4) is 0 Å². The lowest BCUT2D eigenvalue weighted by molar-refractivity contribution is 0.102. The number of aromatic nitrogens is 5. The highest BCUT2D eigenvalue weighted by atomic mass is 32.1. The third kappa shape index (κ3) is 3.24. The van der Waals surface area contributed by atoms with Crippen molar-refractivity contribution in [3.05, 3.63) is 54.4 Å². The maximum absolute atomic E-state index is 12.4. The number of hydrogen-bond acceptors (Lipinski definition) is 7. The predicted octanol–water partition coefficient (Wildman–Crippen LogP) is 2.92. The van der Waals surface area contributed by atoms with Gasteiger partial charge in [0.1, 0.15) is 12.1 Å². The molecule has 0 aliphatic rings. The molecule has 1 amide bonds. The number of nitrogens with zero attached hydrogens (tertiary/aromatic N) is 5. The molecule has 0 saturated carbocycles. The number of benzene rings is 2. The fraction of sp³-hybridized carbons (Fsp3) is 0.118. The van der Waals surface area contributed by atoms with E-state index in [-0.39, 0.29) is 5.91 Å². The number of rotatable bonds is 5. The highest BCUT2D eigenvalue weighted by Gasteiger charge is 2.11. The van der Waals surface area contributed by atoms with Crippen molar-refractivity contribution < 1.29 is 9.53 Å². The molecule has 0 bridgehead atoms. The van der Waals surface area contributed by atoms with Crippen molar-refractivity contribution in [2.75, 3.05) is 11.9 Å². The number of ether oxygens (including phenoxy) is 1. The minimum atomic E-state index is -0.225. The zero-order valence-electron chi connectivity index (χ0n) is 13.8. The van der Waals surface area contributed by atoms with Crippen LogP contribution in [-0.4, -0.2) is 37.7 Å². The molecule has 0 spiro atoms. The molecule has 8 nitrogen and oxygen atoms in total. The minimum Gasteiger partial charge on any atom is -0.494 e. The molecule has 1 N–H and O–H groups in total. The van der Waals surface area contributed by atoms with E-state index in [2.05, 4.69) is 25.8 Å². The van der Waals surface area contributed by atoms with Crippen LogP contribution >= 0.6 is 11.3 Å². The van der Waals surface area contributed by atoms with Crippen LogP contribution in [0.4, 0.5) is 5.13 Å². The smallest absolute Gasteiger partial charge is 0.257 e. The molecule has 2 heterocycles. The van der Waals surface area contributed by atoms with E-state index in [0.717, 1.165) is 21.7 Å². The van der Waals surface area contributed by atoms with E-state index in [0.29, 0.717) is 17.3 Å². The largest absolute Gasteiger partial charge is 0.494 e. The van der Waals surface area contributed by atoms with Gasteiger partial charge in [0.25, 0.3) is 5.91 Å². The highest BCUT2D eigenvalue weighted by molar-refractivity contribution is 7.22. The molecule has 0 unspecified atom stereocenters. The average Bonchev–Trinajstić information content (AvgIpc) is 3.31. The van der Waals surface area contributed by atoms with Gasteiger partial charge in [-0.05, 0) is 59.8 Å². The molecular weight excluding hydrogens is 352 g/mol. The summed E-state index contributed by atoms with van der Waals surface area (Å²) in [6.07, 6.45) is 1.49. The van der Waals surface area contributed by atoms with E-state index in [1.165, 1.54) is 22.3 Å². The van der Waals surface area contributed by atoms with Gasteiger partial charge < -0.3 is 4.74 Å². The van der Waals surface area contributed by atoms with Gasteiger partial charge in [-0.2, -0.15) is 0 Å². The van der Waals surface area contributed by atoms with Gasteiger partial charge in [-0.15, -0.1) is 5.10 Å². The number of anilines is 1. The Balaban J connectivity index is 1.51. The van der Waals surface area contributed by atoms with Crippen LogP contribution in [0.15, 0.2) is 48.8 Å². The van der Waals surface area contributed by atoms with Crippen molar-refractivity contribution in [3.8, 4) is 11.4 Å². The van der Waals surface area contributed by atoms with Crippen molar-refractivity contribution in [3.63, 3.8) is 0 Å². The first-order valence-electron chi connectivity index (χ1n) is 7.91. The molecule has 4 aromatic rings. The number of thiazole rings is 1. The van der Waals surface area contributed by atoms with Gasteiger partial charge in [0.05, 0.1) is 22.5 Å². The van der Waals surface area contributed by atoms with Gasteiger partial charge in [-0.25, -0.2) is 9.67 Å². The molecule has 130 valence electrons. The monoisotopic (exact) mass is 366 g/mol. The molecule has 4 rings (SSSR count). The van der Waals surface area contributed by atoms with Gasteiger partial charge in [0.15, 0.2) is 5.13 Å². The van der Waals surface area contributed by atoms with Crippen molar-refractivity contribution in [1.82, 2.24) is 25.2 Å². The summed E-state index contributed by atoms with van der Waals surface area (Å²) < 4.78 is 7.97. The van der Waals surface area contributed by atoms with Crippen LogP contribution in [0.25, 0.3) is 15.9 Å². The Hall–Kier alpha value is -3.33. The molecule has 0 radical (unpaired) electrons. The molecule has 0 aliphatic heterocycles. The molecule has 0 fully saturated rings. The van der Waals surface area contributed by atoms with Crippen LogP contribution < -0.4 is 10.1 Å². The maximum atomic E-state index is 12.4. The summed E-state index contributed by atoms with van der Waals surface area (Å²) in [4.78, 5) is 16.9. The summed E-state index contributed by atoms with van der Waals surface area (Å²) in [5.41, 5.74) is 2.12. The molecule has 9 heteroatoms.